The van der Waals surface area contributed by atoms with Gasteiger partial charge < -0.3 is 19.5 Å². The second-order valence-corrected chi connectivity index (χ2v) is 6.43. The van der Waals surface area contributed by atoms with Crippen molar-refractivity contribution in [2.75, 3.05) is 33.3 Å². The first-order chi connectivity index (χ1) is 12.6. The van der Waals surface area contributed by atoms with Crippen LogP contribution in [0.5, 0.6) is 5.75 Å². The zero-order chi connectivity index (χ0) is 18.5. The van der Waals surface area contributed by atoms with Gasteiger partial charge in [-0.3, -0.25) is 9.59 Å². The number of ether oxygens (including phenoxy) is 1. The highest BCUT2D eigenvalue weighted by atomic mass is 16.5. The standard InChI is InChI=1S/C20H25N3O3/c1-3-15-5-6-18(26-2)17(13-15)20(25)23-10-4-9-22(11-12-23)19(24)16-7-8-21-14-16/h5-8,13-14,21H,3-4,9-12H2,1-2H3. The number of hydrogen-bond donors (Lipinski definition) is 1. The Kier molecular flexibility index (Phi) is 5.61. The van der Waals surface area contributed by atoms with Gasteiger partial charge in [0.15, 0.2) is 0 Å². The highest BCUT2D eigenvalue weighted by molar-refractivity contribution is 5.97. The lowest BCUT2D eigenvalue weighted by Gasteiger charge is -2.23. The van der Waals surface area contributed by atoms with Crippen molar-refractivity contribution in [2.45, 2.75) is 19.8 Å². The van der Waals surface area contributed by atoms with Gasteiger partial charge in [0, 0.05) is 38.6 Å². The number of carbonyl (C=O) groups is 2. The molecule has 1 fully saturated rings. The molecule has 2 heterocycles. The topological polar surface area (TPSA) is 65.6 Å². The number of carbonyl (C=O) groups excluding carboxylic acids is 2. The Bertz CT molecular complexity index is 771. The van der Waals surface area contributed by atoms with Gasteiger partial charge >= 0.3 is 0 Å². The minimum absolute atomic E-state index is 0.00566. The van der Waals surface area contributed by atoms with Crippen LogP contribution in [-0.4, -0.2) is 59.9 Å². The number of aromatic amines is 1. The molecule has 0 atom stereocenters. The van der Waals surface area contributed by atoms with Crippen LogP contribution >= 0.6 is 0 Å². The van der Waals surface area contributed by atoms with Crippen molar-refractivity contribution in [3.8, 4) is 5.75 Å². The van der Waals surface area contributed by atoms with Gasteiger partial charge in [0.25, 0.3) is 11.8 Å². The van der Waals surface area contributed by atoms with E-state index in [2.05, 4.69) is 11.9 Å². The number of amides is 2. The maximum absolute atomic E-state index is 13.0. The normalized spacial score (nSPS) is 14.8. The fourth-order valence-corrected chi connectivity index (χ4v) is 3.28. The Labute approximate surface area is 153 Å². The molecule has 6 nitrogen and oxygen atoms in total. The molecule has 1 N–H and O–H groups in total. The Morgan fingerprint density at radius 3 is 2.42 bits per heavy atom. The van der Waals surface area contributed by atoms with E-state index < -0.39 is 0 Å². The summed E-state index contributed by atoms with van der Waals surface area (Å²) in [6.45, 7) is 4.40. The number of H-pyrrole nitrogens is 1. The fourth-order valence-electron chi connectivity index (χ4n) is 3.28. The first kappa shape index (κ1) is 18.0. The lowest BCUT2D eigenvalue weighted by Crippen LogP contribution is -2.37. The SMILES string of the molecule is CCc1ccc(OC)c(C(=O)N2CCCN(C(=O)c3cc[nH]c3)CC2)c1. The summed E-state index contributed by atoms with van der Waals surface area (Å²) in [5.74, 6) is 0.566. The molecule has 0 bridgehead atoms. The quantitative estimate of drug-likeness (QED) is 0.917. The molecule has 1 aromatic carbocycles. The first-order valence-electron chi connectivity index (χ1n) is 9.02. The second-order valence-electron chi connectivity index (χ2n) is 6.43. The molecule has 0 spiro atoms. The summed E-state index contributed by atoms with van der Waals surface area (Å²) >= 11 is 0. The fraction of sp³-hybridized carbons (Fsp3) is 0.400. The van der Waals surface area contributed by atoms with Gasteiger partial charge in [0.2, 0.25) is 0 Å². The van der Waals surface area contributed by atoms with Gasteiger partial charge in [0.1, 0.15) is 5.75 Å². The van der Waals surface area contributed by atoms with Crippen LogP contribution < -0.4 is 4.74 Å². The van der Waals surface area contributed by atoms with Gasteiger partial charge in [-0.25, -0.2) is 0 Å². The summed E-state index contributed by atoms with van der Waals surface area (Å²) in [6, 6.07) is 7.52. The number of nitrogens with zero attached hydrogens (tertiary/aromatic N) is 2. The molecule has 2 amide bonds. The van der Waals surface area contributed by atoms with E-state index in [-0.39, 0.29) is 11.8 Å². The van der Waals surface area contributed by atoms with Crippen molar-refractivity contribution in [1.82, 2.24) is 14.8 Å². The highest BCUT2D eigenvalue weighted by Crippen LogP contribution is 2.23. The summed E-state index contributed by atoms with van der Waals surface area (Å²) in [4.78, 5) is 32.1. The van der Waals surface area contributed by atoms with Crippen LogP contribution in [0.25, 0.3) is 0 Å². The van der Waals surface area contributed by atoms with Crippen molar-refractivity contribution in [1.29, 1.82) is 0 Å². The molecule has 0 aliphatic carbocycles. The Morgan fingerprint density at radius 2 is 1.81 bits per heavy atom. The van der Waals surface area contributed by atoms with Crippen LogP contribution in [-0.2, 0) is 6.42 Å². The molecule has 1 aliphatic rings. The number of hydrogen-bond acceptors (Lipinski definition) is 3. The third kappa shape index (κ3) is 3.74. The predicted octanol–water partition coefficient (Wildman–Crippen LogP) is 2.57. The number of methoxy groups -OCH3 is 1. The van der Waals surface area contributed by atoms with Crippen molar-refractivity contribution in [3.63, 3.8) is 0 Å². The summed E-state index contributed by atoms with van der Waals surface area (Å²) < 4.78 is 5.38. The maximum atomic E-state index is 13.0. The van der Waals surface area contributed by atoms with Crippen molar-refractivity contribution in [3.05, 3.63) is 53.3 Å². The summed E-state index contributed by atoms with van der Waals surface area (Å²) in [7, 11) is 1.58. The highest BCUT2D eigenvalue weighted by Gasteiger charge is 2.25. The molecule has 1 aliphatic heterocycles. The first-order valence-corrected chi connectivity index (χ1v) is 9.02. The van der Waals surface area contributed by atoms with E-state index in [1.165, 1.54) is 0 Å². The second kappa shape index (κ2) is 8.08. The Balaban J connectivity index is 1.73. The number of aromatic nitrogens is 1. The number of aryl methyl sites for hydroxylation is 1. The third-order valence-corrected chi connectivity index (χ3v) is 4.82. The molecule has 3 rings (SSSR count). The van der Waals surface area contributed by atoms with Crippen LogP contribution in [0.1, 0.15) is 39.6 Å². The van der Waals surface area contributed by atoms with Crippen molar-refractivity contribution in [2.24, 2.45) is 0 Å². The van der Waals surface area contributed by atoms with Gasteiger partial charge in [-0.1, -0.05) is 13.0 Å². The molecule has 2 aromatic rings. The number of benzene rings is 1. The lowest BCUT2D eigenvalue weighted by molar-refractivity contribution is 0.0717. The van der Waals surface area contributed by atoms with Gasteiger partial charge in [-0.15, -0.1) is 0 Å². The summed E-state index contributed by atoms with van der Waals surface area (Å²) in [5, 5.41) is 0. The third-order valence-electron chi connectivity index (χ3n) is 4.82. The van der Waals surface area contributed by atoms with Crippen LogP contribution in [0.3, 0.4) is 0 Å². The van der Waals surface area contributed by atoms with E-state index >= 15 is 0 Å². The summed E-state index contributed by atoms with van der Waals surface area (Å²) in [5.41, 5.74) is 2.35. The smallest absolute Gasteiger partial charge is 0.257 e. The van der Waals surface area contributed by atoms with Crippen LogP contribution in [0.15, 0.2) is 36.7 Å². The zero-order valence-corrected chi connectivity index (χ0v) is 15.3. The molecule has 1 saturated heterocycles. The zero-order valence-electron chi connectivity index (χ0n) is 15.3. The largest absolute Gasteiger partial charge is 0.496 e. The van der Waals surface area contributed by atoms with Gasteiger partial charge in [-0.2, -0.15) is 0 Å². The Morgan fingerprint density at radius 1 is 1.08 bits per heavy atom. The number of nitrogens with one attached hydrogen (secondary N) is 1. The molecule has 26 heavy (non-hydrogen) atoms. The van der Waals surface area contributed by atoms with Crippen LogP contribution in [0, 0.1) is 0 Å². The molecule has 0 unspecified atom stereocenters. The molecule has 138 valence electrons. The Hall–Kier alpha value is -2.76. The molecular formula is C20H25N3O3. The minimum Gasteiger partial charge on any atom is -0.496 e. The molecule has 1 aromatic heterocycles. The average Bonchev–Trinajstić information content (AvgIpc) is 3.11. The molecular weight excluding hydrogens is 330 g/mol. The van der Waals surface area contributed by atoms with E-state index in [0.717, 1.165) is 18.4 Å². The van der Waals surface area contributed by atoms with Crippen molar-refractivity contribution < 1.29 is 14.3 Å². The van der Waals surface area contributed by atoms with Gasteiger partial charge in [-0.05, 0) is 36.6 Å². The van der Waals surface area contributed by atoms with Crippen LogP contribution in [0.4, 0.5) is 0 Å². The van der Waals surface area contributed by atoms with E-state index in [1.807, 2.05) is 28.0 Å². The van der Waals surface area contributed by atoms with Gasteiger partial charge in [0.05, 0.1) is 18.2 Å². The van der Waals surface area contributed by atoms with E-state index in [9.17, 15) is 9.59 Å². The van der Waals surface area contributed by atoms with Crippen molar-refractivity contribution >= 4 is 11.8 Å². The summed E-state index contributed by atoms with van der Waals surface area (Å²) in [6.07, 6.45) is 5.08. The predicted molar refractivity (Wildman–Crippen MR) is 99.6 cm³/mol. The lowest BCUT2D eigenvalue weighted by atomic mass is 10.1. The number of rotatable bonds is 4. The monoisotopic (exact) mass is 355 g/mol. The maximum Gasteiger partial charge on any atom is 0.257 e. The molecule has 0 saturated carbocycles. The molecule has 0 radical (unpaired) electrons. The average molecular weight is 355 g/mol. The van der Waals surface area contributed by atoms with E-state index in [1.54, 1.807) is 25.6 Å². The van der Waals surface area contributed by atoms with E-state index in [0.29, 0.717) is 43.1 Å². The van der Waals surface area contributed by atoms with Crippen LogP contribution in [0.2, 0.25) is 0 Å². The van der Waals surface area contributed by atoms with E-state index in [4.69, 9.17) is 4.74 Å². The molecule has 6 heteroatoms. The minimum atomic E-state index is -0.0342.